The normalized spacial score (nSPS) is 11.6. The summed E-state index contributed by atoms with van der Waals surface area (Å²) >= 11 is 3.21. The molecule has 4 heterocycles. The molecule has 126 valence electrons. The maximum absolute atomic E-state index is 4.81. The fourth-order valence-electron chi connectivity index (χ4n) is 2.52. The van der Waals surface area contributed by atoms with Gasteiger partial charge in [-0.2, -0.15) is 0 Å². The molecule has 0 bridgehead atoms. The minimum absolute atomic E-state index is 0.807. The van der Waals surface area contributed by atoms with Crippen molar-refractivity contribution >= 4 is 45.3 Å². The van der Waals surface area contributed by atoms with Gasteiger partial charge >= 0.3 is 0 Å². The Bertz CT molecular complexity index is 1120. The molecule has 0 radical (unpaired) electrons. The first kappa shape index (κ1) is 16.5. The average molecular weight is 374 g/mol. The van der Waals surface area contributed by atoms with E-state index in [4.69, 9.17) is 4.98 Å². The molecule has 0 aromatic carbocycles. The van der Waals surface area contributed by atoms with Crippen LogP contribution >= 0.6 is 22.7 Å². The molecule has 4 nitrogen and oxygen atoms in total. The molecular weight excluding hydrogens is 360 g/mol. The van der Waals surface area contributed by atoms with Crippen LogP contribution in [0.5, 0.6) is 0 Å². The van der Waals surface area contributed by atoms with Gasteiger partial charge in [0.25, 0.3) is 0 Å². The van der Waals surface area contributed by atoms with E-state index in [-0.39, 0.29) is 0 Å². The summed E-state index contributed by atoms with van der Waals surface area (Å²) in [5.74, 6) is 0. The van der Waals surface area contributed by atoms with Gasteiger partial charge in [-0.15, -0.1) is 22.7 Å². The summed E-state index contributed by atoms with van der Waals surface area (Å²) in [6, 6.07) is 10.1. The van der Waals surface area contributed by atoms with Gasteiger partial charge in [0.15, 0.2) is 0 Å². The van der Waals surface area contributed by atoms with Crippen molar-refractivity contribution in [2.24, 2.45) is 4.99 Å². The van der Waals surface area contributed by atoms with E-state index < -0.39 is 0 Å². The van der Waals surface area contributed by atoms with Crippen molar-refractivity contribution in [2.75, 3.05) is 0 Å². The number of hydrogen-bond acceptors (Lipinski definition) is 6. The lowest BCUT2D eigenvalue weighted by atomic mass is 10.2. The smallest absolute Gasteiger partial charge is 0.125 e. The Labute approximate surface area is 159 Å². The predicted octanol–water partition coefficient (Wildman–Crippen LogP) is 5.71. The number of allylic oxidation sites excluding steroid dienone is 2. The van der Waals surface area contributed by atoms with E-state index in [1.54, 1.807) is 34.9 Å². The van der Waals surface area contributed by atoms with E-state index in [0.29, 0.717) is 0 Å². The molecule has 26 heavy (non-hydrogen) atoms. The Balaban J connectivity index is 1.72. The third-order valence-electron chi connectivity index (χ3n) is 3.75. The number of rotatable bonds is 5. The predicted molar refractivity (Wildman–Crippen MR) is 112 cm³/mol. The van der Waals surface area contributed by atoms with Gasteiger partial charge in [0, 0.05) is 29.5 Å². The van der Waals surface area contributed by atoms with Crippen LogP contribution in [0.2, 0.25) is 0 Å². The standard InChI is InChI=1S/C20H14N4S2/c1-3-5-15(21-2)17-10-13-7-8-16(24-20(13)25-17)18-12-23-19(26-18)14-6-4-9-22-11-14/h3-12H,1-2H2/b15-5-. The lowest BCUT2D eigenvalue weighted by molar-refractivity contribution is 1.31. The van der Waals surface area contributed by atoms with Gasteiger partial charge < -0.3 is 0 Å². The molecule has 4 aromatic heterocycles. The van der Waals surface area contributed by atoms with Crippen LogP contribution in [0, 0.1) is 0 Å². The lowest BCUT2D eigenvalue weighted by Gasteiger charge is -1.96. The number of thiazole rings is 1. The first-order chi connectivity index (χ1) is 12.8. The van der Waals surface area contributed by atoms with Gasteiger partial charge in [-0.25, -0.2) is 9.97 Å². The number of aliphatic imine (C=N–C) groups is 1. The van der Waals surface area contributed by atoms with Crippen LogP contribution in [0.25, 0.3) is 37.1 Å². The van der Waals surface area contributed by atoms with Gasteiger partial charge in [0.1, 0.15) is 9.84 Å². The molecule has 0 atom stereocenters. The van der Waals surface area contributed by atoms with E-state index in [2.05, 4.69) is 40.4 Å². The van der Waals surface area contributed by atoms with Crippen molar-refractivity contribution in [3.8, 4) is 21.1 Å². The Morgan fingerprint density at radius 1 is 1.15 bits per heavy atom. The molecule has 4 rings (SSSR count). The van der Waals surface area contributed by atoms with E-state index >= 15 is 0 Å². The van der Waals surface area contributed by atoms with Crippen LogP contribution in [0.15, 0.2) is 72.6 Å². The maximum atomic E-state index is 4.81. The van der Waals surface area contributed by atoms with Crippen molar-refractivity contribution in [1.29, 1.82) is 0 Å². The molecule has 0 unspecified atom stereocenters. The highest BCUT2D eigenvalue weighted by molar-refractivity contribution is 7.20. The summed E-state index contributed by atoms with van der Waals surface area (Å²) in [7, 11) is 0. The second-order valence-electron chi connectivity index (χ2n) is 5.42. The van der Waals surface area contributed by atoms with Crippen LogP contribution in [-0.4, -0.2) is 21.7 Å². The molecule has 0 spiro atoms. The molecule has 6 heteroatoms. The quantitative estimate of drug-likeness (QED) is 0.332. The minimum atomic E-state index is 0.807. The monoisotopic (exact) mass is 374 g/mol. The van der Waals surface area contributed by atoms with Crippen molar-refractivity contribution < 1.29 is 0 Å². The Hall–Kier alpha value is -2.96. The zero-order valence-electron chi connectivity index (χ0n) is 13.8. The van der Waals surface area contributed by atoms with Crippen molar-refractivity contribution in [3.63, 3.8) is 0 Å². The van der Waals surface area contributed by atoms with Gasteiger partial charge in [-0.1, -0.05) is 12.7 Å². The van der Waals surface area contributed by atoms with E-state index in [9.17, 15) is 0 Å². The Morgan fingerprint density at radius 3 is 2.85 bits per heavy atom. The van der Waals surface area contributed by atoms with Gasteiger partial charge in [-0.3, -0.25) is 9.98 Å². The molecular formula is C20H14N4S2. The number of hydrogen-bond donors (Lipinski definition) is 0. The van der Waals surface area contributed by atoms with E-state index in [1.165, 1.54) is 0 Å². The summed E-state index contributed by atoms with van der Waals surface area (Å²) in [4.78, 5) is 20.6. The number of pyridine rings is 2. The summed E-state index contributed by atoms with van der Waals surface area (Å²) in [5, 5.41) is 2.03. The summed E-state index contributed by atoms with van der Waals surface area (Å²) in [6.07, 6.45) is 9.01. The topological polar surface area (TPSA) is 51.0 Å². The van der Waals surface area contributed by atoms with Gasteiger partial charge in [-0.05, 0) is 43.1 Å². The summed E-state index contributed by atoms with van der Waals surface area (Å²) in [6.45, 7) is 7.36. The third kappa shape index (κ3) is 3.12. The summed E-state index contributed by atoms with van der Waals surface area (Å²) in [5.41, 5.74) is 2.74. The number of aromatic nitrogens is 3. The zero-order chi connectivity index (χ0) is 17.9. The van der Waals surface area contributed by atoms with Crippen molar-refractivity contribution in [3.05, 3.63) is 72.5 Å². The number of nitrogens with zero attached hydrogens (tertiary/aromatic N) is 4. The SMILES string of the molecule is C=C/C=C(\N=C)c1cc2ccc(-c3cnc(-c4cccnc4)s3)nc2s1. The van der Waals surface area contributed by atoms with Crippen molar-refractivity contribution in [2.45, 2.75) is 0 Å². The highest BCUT2D eigenvalue weighted by atomic mass is 32.1. The van der Waals surface area contributed by atoms with Crippen LogP contribution in [0.3, 0.4) is 0 Å². The zero-order valence-corrected chi connectivity index (χ0v) is 15.4. The lowest BCUT2D eigenvalue weighted by Crippen LogP contribution is -1.78. The van der Waals surface area contributed by atoms with E-state index in [0.717, 1.165) is 41.9 Å². The molecule has 0 saturated heterocycles. The number of fused-ring (bicyclic) bond motifs is 1. The fraction of sp³-hybridized carbons (Fsp3) is 0. The first-order valence-corrected chi connectivity index (χ1v) is 9.49. The molecule has 4 aromatic rings. The molecule has 0 aliphatic carbocycles. The number of thiophene rings is 1. The minimum Gasteiger partial charge on any atom is -0.264 e. The van der Waals surface area contributed by atoms with Gasteiger partial charge in [0.05, 0.1) is 21.1 Å². The van der Waals surface area contributed by atoms with E-state index in [1.807, 2.05) is 36.7 Å². The molecule has 0 saturated carbocycles. The average Bonchev–Trinajstić information content (AvgIpc) is 3.33. The molecule has 0 aliphatic heterocycles. The van der Waals surface area contributed by atoms with Crippen LogP contribution in [-0.2, 0) is 0 Å². The summed E-state index contributed by atoms with van der Waals surface area (Å²) < 4.78 is 0. The van der Waals surface area contributed by atoms with Crippen LogP contribution in [0.4, 0.5) is 0 Å². The second kappa shape index (κ2) is 7.11. The highest BCUT2D eigenvalue weighted by Gasteiger charge is 2.11. The second-order valence-corrected chi connectivity index (χ2v) is 7.48. The third-order valence-corrected chi connectivity index (χ3v) is 5.88. The molecule has 0 N–H and O–H groups in total. The highest BCUT2D eigenvalue weighted by Crippen LogP contribution is 2.34. The van der Waals surface area contributed by atoms with Crippen LogP contribution in [0.1, 0.15) is 4.88 Å². The largest absolute Gasteiger partial charge is 0.264 e. The Morgan fingerprint density at radius 2 is 2.08 bits per heavy atom. The Kier molecular flexibility index (Phi) is 4.51. The first-order valence-electron chi connectivity index (χ1n) is 7.85. The van der Waals surface area contributed by atoms with Crippen LogP contribution < -0.4 is 0 Å². The van der Waals surface area contributed by atoms with Gasteiger partial charge in [0.2, 0.25) is 0 Å². The van der Waals surface area contributed by atoms with Crippen molar-refractivity contribution in [1.82, 2.24) is 15.0 Å². The molecule has 0 fully saturated rings. The molecule has 0 amide bonds. The molecule has 0 aliphatic rings. The fourth-order valence-corrected chi connectivity index (χ4v) is 4.42. The maximum Gasteiger partial charge on any atom is 0.125 e.